The third-order valence-corrected chi connectivity index (χ3v) is 3.08. The number of nitrogens with zero attached hydrogens (tertiary/aromatic N) is 2. The van der Waals surface area contributed by atoms with E-state index in [1.54, 1.807) is 0 Å². The lowest BCUT2D eigenvalue weighted by atomic mass is 10.1. The van der Waals surface area contributed by atoms with Crippen LogP contribution in [0.25, 0.3) is 0 Å². The second-order valence-electron chi connectivity index (χ2n) is 4.24. The zero-order chi connectivity index (χ0) is 9.84. The van der Waals surface area contributed by atoms with E-state index in [-0.39, 0.29) is 0 Å². The second-order valence-corrected chi connectivity index (χ2v) is 4.24. The highest BCUT2D eigenvalue weighted by molar-refractivity contribution is 4.84. The highest BCUT2D eigenvalue weighted by atomic mass is 15.2. The minimum Gasteiger partial charge on any atom is -0.326 e. The molecule has 78 valence electrons. The van der Waals surface area contributed by atoms with Crippen molar-refractivity contribution < 1.29 is 0 Å². The summed E-state index contributed by atoms with van der Waals surface area (Å²) in [4.78, 5) is 4.81. The predicted octanol–water partition coefficient (Wildman–Crippen LogP) is 0.360. The first-order valence-corrected chi connectivity index (χ1v) is 5.29. The molecule has 1 aliphatic heterocycles. The molecule has 1 unspecified atom stereocenters. The van der Waals surface area contributed by atoms with Gasteiger partial charge in [-0.05, 0) is 40.0 Å². The first-order valence-electron chi connectivity index (χ1n) is 5.29. The lowest BCUT2D eigenvalue weighted by Crippen LogP contribution is -2.49. The molecule has 1 saturated heterocycles. The molecule has 1 rings (SSSR count). The largest absolute Gasteiger partial charge is 0.326 e. The smallest absolute Gasteiger partial charge is 0.0371 e. The molecule has 0 spiro atoms. The topological polar surface area (TPSA) is 32.5 Å². The van der Waals surface area contributed by atoms with Crippen LogP contribution in [-0.4, -0.2) is 55.6 Å². The van der Waals surface area contributed by atoms with Crippen LogP contribution in [0.5, 0.6) is 0 Å². The Balaban J connectivity index is 2.56. The van der Waals surface area contributed by atoms with Crippen molar-refractivity contribution >= 4 is 0 Å². The molecule has 0 aliphatic carbocycles. The molecule has 1 heterocycles. The van der Waals surface area contributed by atoms with Crippen LogP contribution in [0.4, 0.5) is 0 Å². The summed E-state index contributed by atoms with van der Waals surface area (Å²) in [6.07, 6.45) is 2.34. The number of hydrogen-bond donors (Lipinski definition) is 1. The van der Waals surface area contributed by atoms with E-state index in [4.69, 9.17) is 5.73 Å². The van der Waals surface area contributed by atoms with Crippen LogP contribution in [0.3, 0.4) is 0 Å². The summed E-state index contributed by atoms with van der Waals surface area (Å²) in [6.45, 7) is 5.68. The minimum absolute atomic E-state index is 0.325. The van der Waals surface area contributed by atoms with Crippen LogP contribution >= 0.6 is 0 Å². The minimum atomic E-state index is 0.325. The molecular formula is C10H23N3. The summed E-state index contributed by atoms with van der Waals surface area (Å²) in [6, 6.07) is 0.864. The second kappa shape index (κ2) is 4.94. The van der Waals surface area contributed by atoms with Gasteiger partial charge >= 0.3 is 0 Å². The zero-order valence-electron chi connectivity index (χ0n) is 9.16. The van der Waals surface area contributed by atoms with Crippen molar-refractivity contribution in [3.8, 4) is 0 Å². The van der Waals surface area contributed by atoms with E-state index in [2.05, 4.69) is 30.8 Å². The summed E-state index contributed by atoms with van der Waals surface area (Å²) in [7, 11) is 4.38. The maximum Gasteiger partial charge on any atom is 0.0371 e. The molecule has 2 N–H and O–H groups in total. The van der Waals surface area contributed by atoms with Gasteiger partial charge in [-0.15, -0.1) is 0 Å². The van der Waals surface area contributed by atoms with Gasteiger partial charge in [0.1, 0.15) is 0 Å². The third kappa shape index (κ3) is 2.93. The molecule has 0 aromatic rings. The summed E-state index contributed by atoms with van der Waals surface area (Å²) < 4.78 is 0. The Morgan fingerprint density at radius 1 is 1.38 bits per heavy atom. The van der Waals surface area contributed by atoms with Gasteiger partial charge < -0.3 is 15.5 Å². The van der Waals surface area contributed by atoms with Crippen molar-refractivity contribution in [3.63, 3.8) is 0 Å². The SMILES string of the molecule is CC[C@@H](N)C1CN(C)CCCN1C. The van der Waals surface area contributed by atoms with Gasteiger partial charge in [0.25, 0.3) is 0 Å². The molecule has 13 heavy (non-hydrogen) atoms. The maximum absolute atomic E-state index is 6.10. The van der Waals surface area contributed by atoms with Crippen LogP contribution < -0.4 is 5.73 Å². The highest BCUT2D eigenvalue weighted by Crippen LogP contribution is 2.10. The zero-order valence-corrected chi connectivity index (χ0v) is 9.16. The fourth-order valence-corrected chi connectivity index (χ4v) is 2.04. The van der Waals surface area contributed by atoms with Gasteiger partial charge in [-0.1, -0.05) is 6.92 Å². The Morgan fingerprint density at radius 2 is 2.08 bits per heavy atom. The first-order chi connectivity index (χ1) is 6.15. The van der Waals surface area contributed by atoms with Gasteiger partial charge in [-0.2, -0.15) is 0 Å². The third-order valence-electron chi connectivity index (χ3n) is 3.08. The van der Waals surface area contributed by atoms with Crippen LogP contribution in [0, 0.1) is 0 Å². The van der Waals surface area contributed by atoms with Crippen molar-refractivity contribution in [2.75, 3.05) is 33.7 Å². The molecular weight excluding hydrogens is 162 g/mol. The van der Waals surface area contributed by atoms with E-state index in [1.165, 1.54) is 19.5 Å². The van der Waals surface area contributed by atoms with Crippen LogP contribution in [0.15, 0.2) is 0 Å². The van der Waals surface area contributed by atoms with E-state index in [0.29, 0.717) is 12.1 Å². The van der Waals surface area contributed by atoms with Crippen molar-refractivity contribution in [2.45, 2.75) is 31.8 Å². The van der Waals surface area contributed by atoms with Crippen molar-refractivity contribution in [1.82, 2.24) is 9.80 Å². The van der Waals surface area contributed by atoms with Crippen molar-refractivity contribution in [1.29, 1.82) is 0 Å². The van der Waals surface area contributed by atoms with Gasteiger partial charge in [-0.3, -0.25) is 0 Å². The molecule has 0 radical (unpaired) electrons. The van der Waals surface area contributed by atoms with Crippen LogP contribution in [-0.2, 0) is 0 Å². The summed E-state index contributed by atoms with van der Waals surface area (Å²) in [5.74, 6) is 0. The number of hydrogen-bond acceptors (Lipinski definition) is 3. The normalized spacial score (nSPS) is 30.0. The Morgan fingerprint density at radius 3 is 2.69 bits per heavy atom. The summed E-state index contributed by atoms with van der Waals surface area (Å²) in [5, 5.41) is 0. The van der Waals surface area contributed by atoms with E-state index in [1.807, 2.05) is 0 Å². The molecule has 2 atom stereocenters. The van der Waals surface area contributed by atoms with E-state index >= 15 is 0 Å². The summed E-state index contributed by atoms with van der Waals surface area (Å²) >= 11 is 0. The molecule has 0 aromatic carbocycles. The van der Waals surface area contributed by atoms with Gasteiger partial charge in [0, 0.05) is 18.6 Å². The van der Waals surface area contributed by atoms with E-state index in [9.17, 15) is 0 Å². The molecule has 0 saturated carbocycles. The number of rotatable bonds is 2. The monoisotopic (exact) mass is 185 g/mol. The molecule has 0 aromatic heterocycles. The number of likely N-dealkylation sites (N-methyl/N-ethyl adjacent to an activating group) is 2. The molecule has 0 amide bonds. The van der Waals surface area contributed by atoms with Crippen molar-refractivity contribution in [3.05, 3.63) is 0 Å². The Bertz CT molecular complexity index is 149. The lowest BCUT2D eigenvalue weighted by Gasteiger charge is -2.31. The molecule has 3 heteroatoms. The quantitative estimate of drug-likeness (QED) is 0.674. The number of nitrogens with two attached hydrogens (primary N) is 1. The molecule has 1 aliphatic rings. The Hall–Kier alpha value is -0.120. The van der Waals surface area contributed by atoms with Gasteiger partial charge in [0.15, 0.2) is 0 Å². The average Bonchev–Trinajstić information content (AvgIpc) is 2.27. The van der Waals surface area contributed by atoms with E-state index < -0.39 is 0 Å². The Kier molecular flexibility index (Phi) is 4.16. The van der Waals surface area contributed by atoms with Crippen molar-refractivity contribution in [2.24, 2.45) is 5.73 Å². The standard InChI is InChI=1S/C10H23N3/c1-4-9(11)10-8-12(2)6-5-7-13(10)3/h9-10H,4-8,11H2,1-3H3/t9-,10?/m1/s1. The van der Waals surface area contributed by atoms with Crippen LogP contribution in [0.1, 0.15) is 19.8 Å². The molecule has 0 bridgehead atoms. The summed E-state index contributed by atoms with van der Waals surface area (Å²) in [5.41, 5.74) is 6.10. The van der Waals surface area contributed by atoms with Gasteiger partial charge in [0.05, 0.1) is 0 Å². The maximum atomic E-state index is 6.10. The van der Waals surface area contributed by atoms with Crippen LogP contribution in [0.2, 0.25) is 0 Å². The molecule has 1 fully saturated rings. The lowest BCUT2D eigenvalue weighted by molar-refractivity contribution is 0.193. The van der Waals surface area contributed by atoms with Gasteiger partial charge in [0.2, 0.25) is 0 Å². The Labute approximate surface area is 81.9 Å². The fraction of sp³-hybridized carbons (Fsp3) is 1.00. The average molecular weight is 185 g/mol. The molecule has 3 nitrogen and oxygen atoms in total. The fourth-order valence-electron chi connectivity index (χ4n) is 2.04. The van der Waals surface area contributed by atoms with Gasteiger partial charge in [-0.25, -0.2) is 0 Å². The predicted molar refractivity (Wildman–Crippen MR) is 56.8 cm³/mol. The highest BCUT2D eigenvalue weighted by Gasteiger charge is 2.24. The van der Waals surface area contributed by atoms with E-state index in [0.717, 1.165) is 13.0 Å². The first kappa shape index (κ1) is 11.0.